The number of hydrogen-bond donors (Lipinski definition) is 1. The number of para-hydroxylation sites is 1. The van der Waals surface area contributed by atoms with Gasteiger partial charge in [-0.1, -0.05) is 23.4 Å². The van der Waals surface area contributed by atoms with E-state index in [1.54, 1.807) is 6.26 Å². The highest BCUT2D eigenvalue weighted by atomic mass is 16.5. The van der Waals surface area contributed by atoms with E-state index in [-0.39, 0.29) is 0 Å². The molecule has 1 fully saturated rings. The molecule has 1 saturated heterocycles. The number of aromatic nitrogens is 2. The lowest BCUT2D eigenvalue weighted by Crippen LogP contribution is -2.27. The SMILES string of the molecule is c1ccc2c(-c3nc(C4CCNCC4)no3)coc2c1. The van der Waals surface area contributed by atoms with Gasteiger partial charge in [0.1, 0.15) is 11.8 Å². The number of piperidine rings is 1. The summed E-state index contributed by atoms with van der Waals surface area (Å²) < 4.78 is 10.9. The van der Waals surface area contributed by atoms with Crippen molar-refractivity contribution in [1.29, 1.82) is 0 Å². The van der Waals surface area contributed by atoms with Crippen LogP contribution in [0.15, 0.2) is 39.5 Å². The monoisotopic (exact) mass is 269 g/mol. The van der Waals surface area contributed by atoms with Crippen LogP contribution < -0.4 is 5.32 Å². The topological polar surface area (TPSA) is 64.1 Å². The Hall–Kier alpha value is -2.14. The first-order valence-corrected chi connectivity index (χ1v) is 6.93. The van der Waals surface area contributed by atoms with Gasteiger partial charge in [0.05, 0.1) is 5.56 Å². The molecule has 0 radical (unpaired) electrons. The Morgan fingerprint density at radius 1 is 1.15 bits per heavy atom. The molecule has 0 spiro atoms. The van der Waals surface area contributed by atoms with Gasteiger partial charge >= 0.3 is 0 Å². The number of furan rings is 1. The minimum absolute atomic E-state index is 0.395. The zero-order chi connectivity index (χ0) is 13.4. The molecule has 2 aromatic heterocycles. The molecule has 3 heterocycles. The fourth-order valence-electron chi connectivity index (χ4n) is 2.73. The highest BCUT2D eigenvalue weighted by molar-refractivity contribution is 5.91. The van der Waals surface area contributed by atoms with Crippen molar-refractivity contribution in [3.05, 3.63) is 36.4 Å². The van der Waals surface area contributed by atoms with Gasteiger partial charge in [-0.25, -0.2) is 0 Å². The second-order valence-corrected chi connectivity index (χ2v) is 5.13. The second-order valence-electron chi connectivity index (χ2n) is 5.13. The third-order valence-corrected chi connectivity index (χ3v) is 3.86. The normalized spacial score (nSPS) is 16.8. The molecule has 102 valence electrons. The molecule has 4 rings (SSSR count). The Bertz CT molecular complexity index is 725. The molecule has 0 bridgehead atoms. The van der Waals surface area contributed by atoms with E-state index in [4.69, 9.17) is 8.94 Å². The average molecular weight is 269 g/mol. The molecule has 1 N–H and O–H groups in total. The molecule has 0 aliphatic carbocycles. The van der Waals surface area contributed by atoms with Crippen LogP contribution in [0.2, 0.25) is 0 Å². The Morgan fingerprint density at radius 2 is 2.00 bits per heavy atom. The van der Waals surface area contributed by atoms with E-state index in [9.17, 15) is 0 Å². The van der Waals surface area contributed by atoms with Crippen LogP contribution in [0.5, 0.6) is 0 Å². The Balaban J connectivity index is 1.70. The maximum atomic E-state index is 5.52. The van der Waals surface area contributed by atoms with Gasteiger partial charge in [-0.05, 0) is 32.0 Å². The third-order valence-electron chi connectivity index (χ3n) is 3.86. The van der Waals surface area contributed by atoms with E-state index < -0.39 is 0 Å². The van der Waals surface area contributed by atoms with Crippen LogP contribution in [0.3, 0.4) is 0 Å². The molecule has 5 heteroatoms. The summed E-state index contributed by atoms with van der Waals surface area (Å²) >= 11 is 0. The molecule has 1 aromatic carbocycles. The molecule has 1 aliphatic rings. The maximum Gasteiger partial charge on any atom is 0.261 e. The molecule has 0 unspecified atom stereocenters. The quantitative estimate of drug-likeness (QED) is 0.775. The van der Waals surface area contributed by atoms with Crippen LogP contribution in [-0.2, 0) is 0 Å². The number of rotatable bonds is 2. The van der Waals surface area contributed by atoms with Crippen molar-refractivity contribution in [3.8, 4) is 11.5 Å². The summed E-state index contributed by atoms with van der Waals surface area (Å²) in [6, 6.07) is 7.86. The fraction of sp³-hybridized carbons (Fsp3) is 0.333. The van der Waals surface area contributed by atoms with Gasteiger partial charge in [-0.2, -0.15) is 4.98 Å². The van der Waals surface area contributed by atoms with Crippen LogP contribution in [0, 0.1) is 0 Å². The predicted molar refractivity (Wildman–Crippen MR) is 74.4 cm³/mol. The number of nitrogens with one attached hydrogen (secondary N) is 1. The number of fused-ring (bicyclic) bond motifs is 1. The minimum Gasteiger partial charge on any atom is -0.463 e. The van der Waals surface area contributed by atoms with Gasteiger partial charge in [0, 0.05) is 11.3 Å². The van der Waals surface area contributed by atoms with Crippen molar-refractivity contribution < 1.29 is 8.94 Å². The smallest absolute Gasteiger partial charge is 0.261 e. The van der Waals surface area contributed by atoms with Crippen LogP contribution in [0.4, 0.5) is 0 Å². The third kappa shape index (κ3) is 1.91. The van der Waals surface area contributed by atoms with Gasteiger partial charge in [-0.3, -0.25) is 0 Å². The van der Waals surface area contributed by atoms with E-state index in [1.807, 2.05) is 24.3 Å². The van der Waals surface area contributed by atoms with Crippen LogP contribution in [0.25, 0.3) is 22.4 Å². The van der Waals surface area contributed by atoms with Gasteiger partial charge in [0.2, 0.25) is 0 Å². The number of benzene rings is 1. The van der Waals surface area contributed by atoms with E-state index in [2.05, 4.69) is 15.5 Å². The molecule has 0 saturated carbocycles. The number of nitrogens with zero attached hydrogens (tertiary/aromatic N) is 2. The summed E-state index contributed by atoms with van der Waals surface area (Å²) in [5.41, 5.74) is 1.71. The van der Waals surface area contributed by atoms with Crippen LogP contribution >= 0.6 is 0 Å². The highest BCUT2D eigenvalue weighted by Crippen LogP contribution is 2.31. The van der Waals surface area contributed by atoms with E-state index in [1.165, 1.54) is 0 Å². The zero-order valence-corrected chi connectivity index (χ0v) is 11.0. The van der Waals surface area contributed by atoms with Crippen LogP contribution in [0.1, 0.15) is 24.6 Å². The van der Waals surface area contributed by atoms with Gasteiger partial charge in [-0.15, -0.1) is 0 Å². The Morgan fingerprint density at radius 3 is 2.90 bits per heavy atom. The molecular formula is C15H15N3O2. The van der Waals surface area contributed by atoms with Crippen molar-refractivity contribution in [2.75, 3.05) is 13.1 Å². The molecule has 0 atom stereocenters. The largest absolute Gasteiger partial charge is 0.463 e. The van der Waals surface area contributed by atoms with Crippen molar-refractivity contribution in [3.63, 3.8) is 0 Å². The molecule has 20 heavy (non-hydrogen) atoms. The molecule has 3 aromatic rings. The predicted octanol–water partition coefficient (Wildman–Crippen LogP) is 2.95. The van der Waals surface area contributed by atoms with E-state index >= 15 is 0 Å². The van der Waals surface area contributed by atoms with E-state index in [0.29, 0.717) is 11.8 Å². The summed E-state index contributed by atoms with van der Waals surface area (Å²) in [6.07, 6.45) is 3.81. The van der Waals surface area contributed by atoms with Gasteiger partial charge in [0.25, 0.3) is 5.89 Å². The number of hydrogen-bond acceptors (Lipinski definition) is 5. The summed E-state index contributed by atoms with van der Waals surface area (Å²) in [6.45, 7) is 2.03. The first-order valence-electron chi connectivity index (χ1n) is 6.93. The Labute approximate surface area is 116 Å². The lowest BCUT2D eigenvalue weighted by Gasteiger charge is -2.18. The lowest BCUT2D eigenvalue weighted by molar-refractivity contribution is 0.392. The molecule has 5 nitrogen and oxygen atoms in total. The minimum atomic E-state index is 0.395. The zero-order valence-electron chi connectivity index (χ0n) is 11.0. The lowest BCUT2D eigenvalue weighted by atomic mass is 9.98. The van der Waals surface area contributed by atoms with Crippen molar-refractivity contribution >= 4 is 11.0 Å². The first kappa shape index (κ1) is 11.7. The molecule has 1 aliphatic heterocycles. The standard InChI is InChI=1S/C15H15N3O2/c1-2-4-13-11(3-1)12(9-19-13)15-17-14(18-20-15)10-5-7-16-8-6-10/h1-4,9-10,16H,5-8H2. The first-order chi connectivity index (χ1) is 9.92. The van der Waals surface area contributed by atoms with Gasteiger partial charge < -0.3 is 14.3 Å². The fourth-order valence-corrected chi connectivity index (χ4v) is 2.73. The van der Waals surface area contributed by atoms with Crippen LogP contribution in [-0.4, -0.2) is 23.2 Å². The summed E-state index contributed by atoms with van der Waals surface area (Å²) in [4.78, 5) is 4.56. The average Bonchev–Trinajstić information content (AvgIpc) is 3.14. The van der Waals surface area contributed by atoms with Crippen molar-refractivity contribution in [2.45, 2.75) is 18.8 Å². The molecular weight excluding hydrogens is 254 g/mol. The van der Waals surface area contributed by atoms with E-state index in [0.717, 1.165) is 48.3 Å². The summed E-state index contributed by atoms with van der Waals surface area (Å²) in [5.74, 6) is 1.75. The summed E-state index contributed by atoms with van der Waals surface area (Å²) in [5, 5.41) is 8.50. The second kappa shape index (κ2) is 4.76. The van der Waals surface area contributed by atoms with Crippen molar-refractivity contribution in [2.24, 2.45) is 0 Å². The summed E-state index contributed by atoms with van der Waals surface area (Å²) in [7, 11) is 0. The maximum absolute atomic E-state index is 5.52. The van der Waals surface area contributed by atoms with Gasteiger partial charge in [0.15, 0.2) is 5.82 Å². The van der Waals surface area contributed by atoms with Crippen molar-refractivity contribution in [1.82, 2.24) is 15.5 Å². The Kier molecular flexibility index (Phi) is 2.77. The molecule has 0 amide bonds. The highest BCUT2D eigenvalue weighted by Gasteiger charge is 2.22.